The predicted molar refractivity (Wildman–Crippen MR) is 103 cm³/mol. The molecular formula is C20H19N5O2. The fraction of sp³-hybridized carbons (Fsp3) is 0.200. The van der Waals surface area contributed by atoms with Crippen LogP contribution >= 0.6 is 0 Å². The number of nitrogens with zero attached hydrogens (tertiary/aromatic N) is 4. The van der Waals surface area contributed by atoms with Crippen molar-refractivity contribution in [2.24, 2.45) is 7.05 Å². The quantitative estimate of drug-likeness (QED) is 0.589. The van der Waals surface area contributed by atoms with Gasteiger partial charge in [-0.2, -0.15) is 5.10 Å². The first-order valence-corrected chi connectivity index (χ1v) is 8.75. The summed E-state index contributed by atoms with van der Waals surface area (Å²) in [7, 11) is 1.94. The van der Waals surface area contributed by atoms with Gasteiger partial charge in [-0.25, -0.2) is 4.98 Å². The molecule has 4 aromatic rings. The second kappa shape index (κ2) is 7.03. The molecule has 0 unspecified atom stereocenters. The summed E-state index contributed by atoms with van der Waals surface area (Å²) in [6.07, 6.45) is 1.56. The molecule has 0 aliphatic heterocycles. The molecule has 1 N–H and O–H groups in total. The number of benzene rings is 2. The minimum absolute atomic E-state index is 0.0911. The van der Waals surface area contributed by atoms with Crippen molar-refractivity contribution in [2.45, 2.75) is 19.5 Å². The van der Waals surface area contributed by atoms with Crippen molar-refractivity contribution in [3.05, 3.63) is 70.8 Å². The first kappa shape index (κ1) is 17.0. The number of fused-ring (bicyclic) bond motifs is 2. The van der Waals surface area contributed by atoms with Crippen molar-refractivity contribution in [2.75, 3.05) is 0 Å². The smallest absolute Gasteiger partial charge is 0.222 e. The van der Waals surface area contributed by atoms with E-state index >= 15 is 0 Å². The Morgan fingerprint density at radius 3 is 2.63 bits per heavy atom. The second-order valence-electron chi connectivity index (χ2n) is 6.35. The Kier molecular flexibility index (Phi) is 4.42. The molecule has 4 rings (SSSR count). The Balaban J connectivity index is 1.42. The van der Waals surface area contributed by atoms with Crippen LogP contribution in [0.4, 0.5) is 0 Å². The molecule has 2 aromatic heterocycles. The Morgan fingerprint density at radius 1 is 1.07 bits per heavy atom. The molecule has 0 aliphatic carbocycles. The van der Waals surface area contributed by atoms with Crippen LogP contribution in [-0.2, 0) is 24.9 Å². The summed E-state index contributed by atoms with van der Waals surface area (Å²) < 4.78 is 3.66. The summed E-state index contributed by atoms with van der Waals surface area (Å²) in [5.74, 6) is 0.711. The van der Waals surface area contributed by atoms with Crippen molar-refractivity contribution in [1.29, 1.82) is 0 Å². The van der Waals surface area contributed by atoms with Gasteiger partial charge in [-0.3, -0.25) is 14.3 Å². The van der Waals surface area contributed by atoms with Gasteiger partial charge < -0.3 is 9.88 Å². The maximum atomic E-state index is 12.3. The number of carbonyl (C=O) groups excluding carboxylic acids is 1. The van der Waals surface area contributed by atoms with E-state index in [9.17, 15) is 9.59 Å². The first-order chi connectivity index (χ1) is 13.1. The maximum absolute atomic E-state index is 12.3. The van der Waals surface area contributed by atoms with Crippen LogP contribution in [0, 0.1) is 0 Å². The van der Waals surface area contributed by atoms with E-state index in [1.165, 1.54) is 6.20 Å². The standard InChI is InChI=1S/C20H19N5O2/c1-24-17-9-5-3-7-15(17)23-19(24)13-21-20(27)10-11-25-16-8-4-2-6-14(16)18(26)12-22-25/h2-9,12H,10-11,13H2,1H3,(H,21,27). The number of aryl methyl sites for hydroxylation is 2. The lowest BCUT2D eigenvalue weighted by atomic mass is 10.2. The number of carbonyl (C=O) groups is 1. The van der Waals surface area contributed by atoms with E-state index in [4.69, 9.17) is 0 Å². The largest absolute Gasteiger partial charge is 0.349 e. The summed E-state index contributed by atoms with van der Waals surface area (Å²) in [5, 5.41) is 7.66. The predicted octanol–water partition coefficient (Wildman–Crippen LogP) is 1.99. The molecule has 7 heteroatoms. The Labute approximate surface area is 155 Å². The van der Waals surface area contributed by atoms with Gasteiger partial charge in [0.05, 0.1) is 35.8 Å². The molecule has 2 aromatic carbocycles. The summed E-state index contributed by atoms with van der Waals surface area (Å²) in [6.45, 7) is 0.761. The zero-order chi connectivity index (χ0) is 18.8. The van der Waals surface area contributed by atoms with Crippen LogP contribution < -0.4 is 10.7 Å². The Morgan fingerprint density at radius 2 is 1.81 bits per heavy atom. The molecule has 136 valence electrons. The average molecular weight is 361 g/mol. The van der Waals surface area contributed by atoms with Gasteiger partial charge in [0.1, 0.15) is 5.82 Å². The fourth-order valence-corrected chi connectivity index (χ4v) is 3.17. The second-order valence-corrected chi connectivity index (χ2v) is 6.35. The third kappa shape index (κ3) is 3.31. The lowest BCUT2D eigenvalue weighted by molar-refractivity contribution is -0.121. The van der Waals surface area contributed by atoms with Gasteiger partial charge in [0.2, 0.25) is 11.3 Å². The third-order valence-corrected chi connectivity index (χ3v) is 4.64. The normalized spacial score (nSPS) is 11.1. The number of amides is 1. The SMILES string of the molecule is Cn1c(CNC(=O)CCn2ncc(=O)c3ccccc32)nc2ccccc21. The van der Waals surface area contributed by atoms with Gasteiger partial charge in [0.25, 0.3) is 0 Å². The van der Waals surface area contributed by atoms with Gasteiger partial charge in [-0.1, -0.05) is 24.3 Å². The monoisotopic (exact) mass is 361 g/mol. The van der Waals surface area contributed by atoms with Crippen LogP contribution in [0.1, 0.15) is 12.2 Å². The van der Waals surface area contributed by atoms with E-state index in [1.807, 2.05) is 54.1 Å². The number of hydrogen-bond acceptors (Lipinski definition) is 4. The number of para-hydroxylation sites is 3. The van der Waals surface area contributed by atoms with E-state index < -0.39 is 0 Å². The minimum Gasteiger partial charge on any atom is -0.349 e. The number of aromatic nitrogens is 4. The maximum Gasteiger partial charge on any atom is 0.222 e. The highest BCUT2D eigenvalue weighted by atomic mass is 16.1. The first-order valence-electron chi connectivity index (χ1n) is 8.75. The van der Waals surface area contributed by atoms with Crippen molar-refractivity contribution < 1.29 is 4.79 Å². The van der Waals surface area contributed by atoms with Crippen molar-refractivity contribution in [3.8, 4) is 0 Å². The van der Waals surface area contributed by atoms with Gasteiger partial charge in [-0.05, 0) is 24.3 Å². The van der Waals surface area contributed by atoms with Gasteiger partial charge in [0, 0.05) is 18.9 Å². The zero-order valence-electron chi connectivity index (χ0n) is 14.9. The summed E-state index contributed by atoms with van der Waals surface area (Å²) in [4.78, 5) is 28.7. The van der Waals surface area contributed by atoms with E-state index in [0.29, 0.717) is 18.5 Å². The highest BCUT2D eigenvalue weighted by molar-refractivity contribution is 5.79. The van der Waals surface area contributed by atoms with Crippen LogP contribution in [-0.4, -0.2) is 25.2 Å². The summed E-state index contributed by atoms with van der Waals surface area (Å²) in [6, 6.07) is 15.1. The van der Waals surface area contributed by atoms with Crippen LogP contribution in [0.5, 0.6) is 0 Å². The average Bonchev–Trinajstić information content (AvgIpc) is 3.02. The fourth-order valence-electron chi connectivity index (χ4n) is 3.17. The number of hydrogen-bond donors (Lipinski definition) is 1. The highest BCUT2D eigenvalue weighted by Crippen LogP contribution is 2.14. The van der Waals surface area contributed by atoms with E-state index in [2.05, 4.69) is 15.4 Å². The molecule has 2 heterocycles. The topological polar surface area (TPSA) is 81.8 Å². The molecule has 0 saturated heterocycles. The molecule has 0 fully saturated rings. The van der Waals surface area contributed by atoms with E-state index in [1.54, 1.807) is 10.7 Å². The van der Waals surface area contributed by atoms with Crippen LogP contribution in [0.2, 0.25) is 0 Å². The molecule has 1 amide bonds. The number of nitrogens with one attached hydrogen (secondary N) is 1. The van der Waals surface area contributed by atoms with Gasteiger partial charge in [0.15, 0.2) is 0 Å². The molecule has 0 atom stereocenters. The Bertz CT molecular complexity index is 1190. The van der Waals surface area contributed by atoms with Crippen LogP contribution in [0.25, 0.3) is 21.9 Å². The molecule has 0 radical (unpaired) electrons. The number of imidazole rings is 1. The lowest BCUT2D eigenvalue weighted by Gasteiger charge is -2.09. The molecule has 7 nitrogen and oxygen atoms in total. The van der Waals surface area contributed by atoms with Crippen molar-refractivity contribution >= 4 is 27.8 Å². The van der Waals surface area contributed by atoms with Gasteiger partial charge >= 0.3 is 0 Å². The minimum atomic E-state index is -0.117. The van der Waals surface area contributed by atoms with Crippen molar-refractivity contribution in [3.63, 3.8) is 0 Å². The Hall–Kier alpha value is -3.48. The number of rotatable bonds is 5. The van der Waals surface area contributed by atoms with Crippen molar-refractivity contribution in [1.82, 2.24) is 24.6 Å². The lowest BCUT2D eigenvalue weighted by Crippen LogP contribution is -2.26. The summed E-state index contributed by atoms with van der Waals surface area (Å²) >= 11 is 0. The molecule has 0 spiro atoms. The molecule has 0 aliphatic rings. The molecule has 0 saturated carbocycles. The zero-order valence-corrected chi connectivity index (χ0v) is 14.9. The van der Waals surface area contributed by atoms with E-state index in [0.717, 1.165) is 22.4 Å². The highest BCUT2D eigenvalue weighted by Gasteiger charge is 2.10. The van der Waals surface area contributed by atoms with E-state index in [-0.39, 0.29) is 17.8 Å². The van der Waals surface area contributed by atoms with Crippen LogP contribution in [0.3, 0.4) is 0 Å². The summed E-state index contributed by atoms with van der Waals surface area (Å²) in [5.41, 5.74) is 2.56. The van der Waals surface area contributed by atoms with Crippen LogP contribution in [0.15, 0.2) is 59.5 Å². The molecule has 0 bridgehead atoms. The molecule has 27 heavy (non-hydrogen) atoms. The molecular weight excluding hydrogens is 342 g/mol. The van der Waals surface area contributed by atoms with Gasteiger partial charge in [-0.15, -0.1) is 0 Å². The third-order valence-electron chi connectivity index (χ3n) is 4.64.